The van der Waals surface area contributed by atoms with Crippen LogP contribution in [-0.2, 0) is 17.9 Å². The van der Waals surface area contributed by atoms with Crippen LogP contribution in [0.3, 0.4) is 0 Å². The Morgan fingerprint density at radius 2 is 2.05 bits per heavy atom. The molecule has 0 radical (unpaired) electrons. The molecular formula is C15H20ClN3OS. The van der Waals surface area contributed by atoms with Crippen molar-refractivity contribution in [3.63, 3.8) is 0 Å². The van der Waals surface area contributed by atoms with Gasteiger partial charge in [0.15, 0.2) is 5.13 Å². The molecule has 4 nitrogen and oxygen atoms in total. The molecule has 2 N–H and O–H groups in total. The van der Waals surface area contributed by atoms with Crippen LogP contribution in [0.25, 0.3) is 0 Å². The topological polar surface area (TPSA) is 51.4 Å². The summed E-state index contributed by atoms with van der Waals surface area (Å²) in [5.41, 5.74) is 7.90. The number of hydrogen-bond acceptors (Lipinski definition) is 5. The van der Waals surface area contributed by atoms with Crippen molar-refractivity contribution in [2.24, 2.45) is 5.73 Å². The summed E-state index contributed by atoms with van der Waals surface area (Å²) in [7, 11) is 3.70. The van der Waals surface area contributed by atoms with Crippen molar-refractivity contribution in [1.29, 1.82) is 0 Å². The number of ether oxygens (including phenoxy) is 1. The van der Waals surface area contributed by atoms with Crippen LogP contribution < -0.4 is 10.6 Å². The number of methoxy groups -OCH3 is 1. The van der Waals surface area contributed by atoms with Gasteiger partial charge in [-0.25, -0.2) is 4.98 Å². The SMILES string of the molecule is COCc1nc(N(C)C(C)c2ccc(Cl)cc2)sc1CN. The van der Waals surface area contributed by atoms with E-state index in [1.165, 1.54) is 5.56 Å². The molecule has 0 saturated carbocycles. The van der Waals surface area contributed by atoms with Gasteiger partial charge < -0.3 is 15.4 Å². The predicted molar refractivity (Wildman–Crippen MR) is 89.0 cm³/mol. The van der Waals surface area contributed by atoms with Crippen molar-refractivity contribution < 1.29 is 4.74 Å². The molecule has 6 heteroatoms. The van der Waals surface area contributed by atoms with Crippen molar-refractivity contribution >= 4 is 28.1 Å². The van der Waals surface area contributed by atoms with Crippen molar-refractivity contribution in [2.75, 3.05) is 19.1 Å². The third-order valence-corrected chi connectivity index (χ3v) is 4.93. The highest BCUT2D eigenvalue weighted by Gasteiger charge is 2.18. The average Bonchev–Trinajstić information content (AvgIpc) is 2.90. The molecule has 1 atom stereocenters. The predicted octanol–water partition coefficient (Wildman–Crippen LogP) is 3.60. The highest BCUT2D eigenvalue weighted by atomic mass is 35.5. The first-order valence-electron chi connectivity index (χ1n) is 6.72. The lowest BCUT2D eigenvalue weighted by molar-refractivity contribution is 0.181. The van der Waals surface area contributed by atoms with Gasteiger partial charge in [0.05, 0.1) is 18.3 Å². The Balaban J connectivity index is 2.22. The Morgan fingerprint density at radius 3 is 2.62 bits per heavy atom. The lowest BCUT2D eigenvalue weighted by atomic mass is 10.1. The number of nitrogens with zero attached hydrogens (tertiary/aromatic N) is 2. The number of anilines is 1. The van der Waals surface area contributed by atoms with Crippen LogP contribution >= 0.6 is 22.9 Å². The van der Waals surface area contributed by atoms with E-state index in [0.29, 0.717) is 13.2 Å². The minimum absolute atomic E-state index is 0.203. The Kier molecular flexibility index (Phi) is 5.58. The summed E-state index contributed by atoms with van der Waals surface area (Å²) in [5.74, 6) is 0. The van der Waals surface area contributed by atoms with E-state index in [4.69, 9.17) is 22.1 Å². The summed E-state index contributed by atoms with van der Waals surface area (Å²) in [6.45, 7) is 3.12. The highest BCUT2D eigenvalue weighted by Crippen LogP contribution is 2.31. The Morgan fingerprint density at radius 1 is 1.38 bits per heavy atom. The maximum Gasteiger partial charge on any atom is 0.186 e. The number of aromatic nitrogens is 1. The van der Waals surface area contributed by atoms with E-state index >= 15 is 0 Å². The molecule has 21 heavy (non-hydrogen) atoms. The molecular weight excluding hydrogens is 306 g/mol. The molecule has 0 aliphatic rings. The Bertz CT molecular complexity index is 585. The molecule has 0 bridgehead atoms. The minimum atomic E-state index is 0.203. The van der Waals surface area contributed by atoms with E-state index in [0.717, 1.165) is 20.7 Å². The molecule has 1 aromatic carbocycles. The second kappa shape index (κ2) is 7.22. The van der Waals surface area contributed by atoms with Gasteiger partial charge in [-0.05, 0) is 24.6 Å². The van der Waals surface area contributed by atoms with Crippen LogP contribution in [0.5, 0.6) is 0 Å². The van der Waals surface area contributed by atoms with Gasteiger partial charge in [0.25, 0.3) is 0 Å². The van der Waals surface area contributed by atoms with E-state index in [9.17, 15) is 0 Å². The Hall–Kier alpha value is -1.14. The first-order chi connectivity index (χ1) is 10.1. The lowest BCUT2D eigenvalue weighted by Crippen LogP contribution is -2.21. The number of hydrogen-bond donors (Lipinski definition) is 1. The summed E-state index contributed by atoms with van der Waals surface area (Å²) >= 11 is 7.56. The summed E-state index contributed by atoms with van der Waals surface area (Å²) in [5, 5.41) is 1.70. The van der Waals surface area contributed by atoms with Gasteiger partial charge in [-0.3, -0.25) is 0 Å². The van der Waals surface area contributed by atoms with Gasteiger partial charge in [0.1, 0.15) is 0 Å². The second-order valence-corrected chi connectivity index (χ2v) is 6.34. The molecule has 0 aliphatic heterocycles. The van der Waals surface area contributed by atoms with Gasteiger partial charge in [0.2, 0.25) is 0 Å². The number of rotatable bonds is 6. The summed E-state index contributed by atoms with van der Waals surface area (Å²) in [6, 6.07) is 8.10. The first kappa shape index (κ1) is 16.2. The van der Waals surface area contributed by atoms with Crippen molar-refractivity contribution in [1.82, 2.24) is 4.98 Å². The third kappa shape index (κ3) is 3.74. The van der Waals surface area contributed by atoms with Gasteiger partial charge in [-0.2, -0.15) is 0 Å². The second-order valence-electron chi connectivity index (χ2n) is 4.84. The van der Waals surface area contributed by atoms with Crippen molar-refractivity contribution in [2.45, 2.75) is 26.1 Å². The molecule has 0 spiro atoms. The van der Waals surface area contributed by atoms with Crippen molar-refractivity contribution in [3.05, 3.63) is 45.4 Å². The summed E-state index contributed by atoms with van der Waals surface area (Å²) in [4.78, 5) is 7.86. The zero-order valence-electron chi connectivity index (χ0n) is 12.5. The van der Waals surface area contributed by atoms with Crippen molar-refractivity contribution in [3.8, 4) is 0 Å². The molecule has 1 aromatic heterocycles. The van der Waals surface area contributed by atoms with Gasteiger partial charge in [-0.15, -0.1) is 11.3 Å². The molecule has 114 valence electrons. The molecule has 1 heterocycles. The van der Waals surface area contributed by atoms with E-state index in [1.807, 2.05) is 31.3 Å². The fraction of sp³-hybridized carbons (Fsp3) is 0.400. The molecule has 0 amide bonds. The van der Waals surface area contributed by atoms with Gasteiger partial charge in [-0.1, -0.05) is 23.7 Å². The number of thiazole rings is 1. The monoisotopic (exact) mass is 325 g/mol. The fourth-order valence-corrected chi connectivity index (χ4v) is 3.17. The minimum Gasteiger partial charge on any atom is -0.378 e. The van der Waals surface area contributed by atoms with Crippen LogP contribution in [0.15, 0.2) is 24.3 Å². The third-order valence-electron chi connectivity index (χ3n) is 3.47. The summed E-state index contributed by atoms with van der Waals surface area (Å²) in [6.07, 6.45) is 0. The van der Waals surface area contributed by atoms with Gasteiger partial charge >= 0.3 is 0 Å². The summed E-state index contributed by atoms with van der Waals surface area (Å²) < 4.78 is 5.18. The van der Waals surface area contributed by atoms with Crippen LogP contribution in [0.1, 0.15) is 29.1 Å². The normalized spacial score (nSPS) is 12.4. The largest absolute Gasteiger partial charge is 0.378 e. The van der Waals surface area contributed by atoms with E-state index in [2.05, 4.69) is 16.8 Å². The van der Waals surface area contributed by atoms with Crippen LogP contribution in [-0.4, -0.2) is 19.1 Å². The van der Waals surface area contributed by atoms with Crippen LogP contribution in [0.2, 0.25) is 5.02 Å². The van der Waals surface area contributed by atoms with Crippen LogP contribution in [0, 0.1) is 0 Å². The van der Waals surface area contributed by atoms with E-state index in [-0.39, 0.29) is 6.04 Å². The standard InChI is InChI=1S/C15H20ClN3OS/c1-10(11-4-6-12(16)7-5-11)19(2)15-18-13(9-20-3)14(8-17)21-15/h4-7,10H,8-9,17H2,1-3H3. The zero-order valence-corrected chi connectivity index (χ0v) is 14.0. The van der Waals surface area contributed by atoms with Crippen LogP contribution in [0.4, 0.5) is 5.13 Å². The molecule has 0 saturated heterocycles. The maximum absolute atomic E-state index is 5.94. The first-order valence-corrected chi connectivity index (χ1v) is 7.92. The molecule has 1 unspecified atom stereocenters. The smallest absolute Gasteiger partial charge is 0.186 e. The van der Waals surface area contributed by atoms with E-state index < -0.39 is 0 Å². The van der Waals surface area contributed by atoms with Gasteiger partial charge in [0, 0.05) is 30.6 Å². The average molecular weight is 326 g/mol. The molecule has 0 aliphatic carbocycles. The quantitative estimate of drug-likeness (QED) is 0.881. The lowest BCUT2D eigenvalue weighted by Gasteiger charge is -2.24. The zero-order chi connectivity index (χ0) is 15.4. The Labute approximate surface area is 134 Å². The molecule has 2 aromatic rings. The number of halogens is 1. The number of nitrogens with two attached hydrogens (primary N) is 1. The molecule has 0 fully saturated rings. The number of benzene rings is 1. The van der Waals surface area contributed by atoms with E-state index in [1.54, 1.807) is 18.4 Å². The molecule has 2 rings (SSSR count). The fourth-order valence-electron chi connectivity index (χ4n) is 2.06. The maximum atomic E-state index is 5.94. The highest BCUT2D eigenvalue weighted by molar-refractivity contribution is 7.15.